The molecule has 17 heavy (non-hydrogen) atoms. The Morgan fingerprint density at radius 1 is 1.47 bits per heavy atom. The van der Waals surface area contributed by atoms with Crippen LogP contribution in [0, 0.1) is 11.8 Å². The molecule has 2 N–H and O–H groups in total. The molecule has 0 bridgehead atoms. The Kier molecular flexibility index (Phi) is 5.11. The largest absolute Gasteiger partial charge is 0.398 e. The molecular weight excluding hydrogens is 230 g/mol. The van der Waals surface area contributed by atoms with Crippen molar-refractivity contribution in [3.05, 3.63) is 29.3 Å². The predicted octanol–water partition coefficient (Wildman–Crippen LogP) is 3.02. The van der Waals surface area contributed by atoms with Crippen LogP contribution in [0.2, 0.25) is 0 Å². The lowest BCUT2D eigenvalue weighted by Crippen LogP contribution is -1.94. The SMILES string of the molecule is CC(=O)SCC#Cc1cc(C(C)C)ccc1N. The average molecular weight is 247 g/mol. The minimum atomic E-state index is 0.0863. The fraction of sp³-hybridized carbons (Fsp3) is 0.357. The van der Waals surface area contributed by atoms with E-state index in [4.69, 9.17) is 5.73 Å². The van der Waals surface area contributed by atoms with Crippen LogP contribution in [0.4, 0.5) is 5.69 Å². The highest BCUT2D eigenvalue weighted by Gasteiger charge is 2.02. The maximum Gasteiger partial charge on any atom is 0.186 e. The van der Waals surface area contributed by atoms with E-state index in [0.717, 1.165) is 5.56 Å². The lowest BCUT2D eigenvalue weighted by molar-refractivity contribution is -0.109. The highest BCUT2D eigenvalue weighted by molar-refractivity contribution is 8.13. The molecule has 2 nitrogen and oxygen atoms in total. The molecule has 1 rings (SSSR count). The second-order valence-corrected chi connectivity index (χ2v) is 5.24. The van der Waals surface area contributed by atoms with Crippen molar-refractivity contribution in [1.82, 2.24) is 0 Å². The molecule has 0 radical (unpaired) electrons. The number of nitrogens with two attached hydrogens (primary N) is 1. The Balaban J connectivity index is 2.82. The summed E-state index contributed by atoms with van der Waals surface area (Å²) in [6, 6.07) is 5.93. The molecule has 1 aromatic rings. The van der Waals surface area contributed by atoms with Crippen molar-refractivity contribution in [2.45, 2.75) is 26.7 Å². The lowest BCUT2D eigenvalue weighted by Gasteiger charge is -2.07. The number of anilines is 1. The Morgan fingerprint density at radius 2 is 2.18 bits per heavy atom. The van der Waals surface area contributed by atoms with Gasteiger partial charge in [0.25, 0.3) is 0 Å². The van der Waals surface area contributed by atoms with Gasteiger partial charge in [0.1, 0.15) is 0 Å². The molecule has 1 aromatic carbocycles. The summed E-state index contributed by atoms with van der Waals surface area (Å²) >= 11 is 1.21. The summed E-state index contributed by atoms with van der Waals surface area (Å²) in [5, 5.41) is 0.0863. The number of thioether (sulfide) groups is 1. The highest BCUT2D eigenvalue weighted by Crippen LogP contribution is 2.19. The van der Waals surface area contributed by atoms with Gasteiger partial charge in [-0.25, -0.2) is 0 Å². The highest BCUT2D eigenvalue weighted by atomic mass is 32.2. The van der Waals surface area contributed by atoms with Crippen LogP contribution in [-0.2, 0) is 4.79 Å². The van der Waals surface area contributed by atoms with Crippen LogP contribution in [-0.4, -0.2) is 10.9 Å². The molecule has 0 amide bonds. The maximum atomic E-state index is 10.7. The van der Waals surface area contributed by atoms with Gasteiger partial charge in [-0.15, -0.1) is 0 Å². The lowest BCUT2D eigenvalue weighted by atomic mass is 10.00. The first kappa shape index (κ1) is 13.7. The molecule has 0 aliphatic heterocycles. The van der Waals surface area contributed by atoms with Gasteiger partial charge in [0.2, 0.25) is 0 Å². The van der Waals surface area contributed by atoms with Gasteiger partial charge in [-0.1, -0.05) is 43.5 Å². The maximum absolute atomic E-state index is 10.7. The van der Waals surface area contributed by atoms with Crippen molar-refractivity contribution in [2.24, 2.45) is 0 Å². The van der Waals surface area contributed by atoms with Gasteiger partial charge in [0, 0.05) is 18.2 Å². The zero-order valence-electron chi connectivity index (χ0n) is 10.4. The summed E-state index contributed by atoms with van der Waals surface area (Å²) in [6.07, 6.45) is 0. The topological polar surface area (TPSA) is 43.1 Å². The van der Waals surface area contributed by atoms with Crippen LogP contribution in [0.15, 0.2) is 18.2 Å². The number of hydrogen-bond donors (Lipinski definition) is 1. The second kappa shape index (κ2) is 6.36. The first-order valence-electron chi connectivity index (χ1n) is 5.52. The quantitative estimate of drug-likeness (QED) is 0.645. The van der Waals surface area contributed by atoms with Gasteiger partial charge >= 0.3 is 0 Å². The van der Waals surface area contributed by atoms with Crippen molar-refractivity contribution in [3.63, 3.8) is 0 Å². The van der Waals surface area contributed by atoms with Crippen molar-refractivity contribution in [3.8, 4) is 11.8 Å². The van der Waals surface area contributed by atoms with E-state index in [1.165, 1.54) is 17.3 Å². The van der Waals surface area contributed by atoms with Crippen molar-refractivity contribution < 1.29 is 4.79 Å². The molecule has 0 aliphatic rings. The van der Waals surface area contributed by atoms with Crippen LogP contribution in [0.1, 0.15) is 37.8 Å². The monoisotopic (exact) mass is 247 g/mol. The predicted molar refractivity (Wildman–Crippen MR) is 75.0 cm³/mol. The summed E-state index contributed by atoms with van der Waals surface area (Å²) in [4.78, 5) is 10.7. The number of benzene rings is 1. The van der Waals surface area contributed by atoms with Crippen LogP contribution in [0.3, 0.4) is 0 Å². The molecule has 0 heterocycles. The Hall–Kier alpha value is -1.40. The van der Waals surface area contributed by atoms with E-state index in [1.54, 1.807) is 6.92 Å². The summed E-state index contributed by atoms with van der Waals surface area (Å²) in [6.45, 7) is 5.81. The molecule has 90 valence electrons. The van der Waals surface area contributed by atoms with E-state index >= 15 is 0 Å². The van der Waals surface area contributed by atoms with Gasteiger partial charge in [0.05, 0.1) is 5.75 Å². The van der Waals surface area contributed by atoms with Gasteiger partial charge in [-0.3, -0.25) is 4.79 Å². The first-order chi connectivity index (χ1) is 8.00. The van der Waals surface area contributed by atoms with Crippen molar-refractivity contribution >= 4 is 22.6 Å². The van der Waals surface area contributed by atoms with Gasteiger partial charge in [-0.05, 0) is 23.6 Å². The first-order valence-corrected chi connectivity index (χ1v) is 6.51. The summed E-state index contributed by atoms with van der Waals surface area (Å²) in [5.74, 6) is 6.94. The Labute approximate surface area is 107 Å². The smallest absolute Gasteiger partial charge is 0.186 e. The molecule has 0 unspecified atom stereocenters. The van der Waals surface area contributed by atoms with Gasteiger partial charge in [-0.2, -0.15) is 0 Å². The van der Waals surface area contributed by atoms with Crippen LogP contribution >= 0.6 is 11.8 Å². The van der Waals surface area contributed by atoms with Crippen LogP contribution in [0.25, 0.3) is 0 Å². The average Bonchev–Trinajstić information content (AvgIpc) is 2.25. The van der Waals surface area contributed by atoms with E-state index in [9.17, 15) is 4.79 Å². The zero-order valence-corrected chi connectivity index (χ0v) is 11.2. The standard InChI is InChI=1S/C14H17NOS/c1-10(2)12-6-7-14(15)13(9-12)5-4-8-17-11(3)16/h6-7,9-10H,8,15H2,1-3H3. The van der Waals surface area contributed by atoms with Crippen molar-refractivity contribution in [2.75, 3.05) is 11.5 Å². The fourth-order valence-corrected chi connectivity index (χ4v) is 1.66. The number of hydrogen-bond acceptors (Lipinski definition) is 3. The number of rotatable bonds is 2. The Bertz CT molecular complexity index is 469. The molecule has 0 fully saturated rings. The third-order valence-corrected chi connectivity index (χ3v) is 3.01. The van der Waals surface area contributed by atoms with Gasteiger partial charge < -0.3 is 5.73 Å². The molecule has 0 aromatic heterocycles. The number of carbonyl (C=O) groups excluding carboxylic acids is 1. The van der Waals surface area contributed by atoms with Crippen molar-refractivity contribution in [1.29, 1.82) is 0 Å². The zero-order chi connectivity index (χ0) is 12.8. The van der Waals surface area contributed by atoms with E-state index in [2.05, 4.69) is 25.7 Å². The fourth-order valence-electron chi connectivity index (χ4n) is 1.31. The van der Waals surface area contributed by atoms with E-state index in [-0.39, 0.29) is 5.12 Å². The number of carbonyl (C=O) groups is 1. The molecule has 3 heteroatoms. The number of nitrogen functional groups attached to an aromatic ring is 1. The molecule has 0 atom stereocenters. The molecule has 0 spiro atoms. The van der Waals surface area contributed by atoms with Gasteiger partial charge in [0.15, 0.2) is 5.12 Å². The summed E-state index contributed by atoms with van der Waals surface area (Å²) in [5.41, 5.74) is 8.62. The summed E-state index contributed by atoms with van der Waals surface area (Å²) < 4.78 is 0. The van der Waals surface area contributed by atoms with E-state index in [0.29, 0.717) is 17.4 Å². The Morgan fingerprint density at radius 3 is 2.76 bits per heavy atom. The minimum Gasteiger partial charge on any atom is -0.398 e. The molecule has 0 saturated carbocycles. The normalized spacial score (nSPS) is 9.88. The molecule has 0 aliphatic carbocycles. The third-order valence-electron chi connectivity index (χ3n) is 2.31. The molecular formula is C14H17NOS. The minimum absolute atomic E-state index is 0.0863. The van der Waals surface area contributed by atoms with Crippen LogP contribution in [0.5, 0.6) is 0 Å². The second-order valence-electron chi connectivity index (χ2n) is 4.08. The molecule has 0 saturated heterocycles. The van der Waals surface area contributed by atoms with E-state index in [1.807, 2.05) is 18.2 Å². The summed E-state index contributed by atoms with van der Waals surface area (Å²) in [7, 11) is 0. The van der Waals surface area contributed by atoms with Crippen LogP contribution < -0.4 is 5.73 Å². The van der Waals surface area contributed by atoms with E-state index < -0.39 is 0 Å². The third kappa shape index (κ3) is 4.54.